The normalized spacial score (nSPS) is 19.3. The number of urea groups is 1. The van der Waals surface area contributed by atoms with Gasteiger partial charge in [-0.05, 0) is 48.9 Å². The predicted octanol–water partition coefficient (Wildman–Crippen LogP) is 4.12. The zero-order chi connectivity index (χ0) is 34.4. The van der Waals surface area contributed by atoms with E-state index < -0.39 is 44.6 Å². The number of alkyl carbamates (subject to hydrolysis) is 1. The molecule has 2 saturated heterocycles. The summed E-state index contributed by atoms with van der Waals surface area (Å²) in [5, 5.41) is 17.5. The molecule has 4 atom stereocenters. The monoisotopic (exact) mass is 700 g/mol. The summed E-state index contributed by atoms with van der Waals surface area (Å²) < 4.78 is 27.9. The third kappa shape index (κ3) is 13.8. The van der Waals surface area contributed by atoms with Crippen molar-refractivity contribution in [3.05, 3.63) is 34.9 Å². The van der Waals surface area contributed by atoms with Gasteiger partial charge in [0.25, 0.3) is 0 Å². The molecule has 2 aliphatic heterocycles. The van der Waals surface area contributed by atoms with E-state index in [0.29, 0.717) is 37.8 Å². The minimum Gasteiger partial charge on any atom is -0.453 e. The molecule has 2 heterocycles. The van der Waals surface area contributed by atoms with Gasteiger partial charge in [-0.15, -0.1) is 0 Å². The first kappa shape index (κ1) is 38.8. The fourth-order valence-electron chi connectivity index (χ4n) is 5.50. The molecule has 0 aromatic heterocycles. The lowest BCUT2D eigenvalue weighted by molar-refractivity contribution is -0.105. The number of benzene rings is 1. The van der Waals surface area contributed by atoms with Gasteiger partial charge in [0.15, 0.2) is 0 Å². The Balaban J connectivity index is 1.67. The Kier molecular flexibility index (Phi) is 16.0. The minimum absolute atomic E-state index is 0.00989. The van der Waals surface area contributed by atoms with Crippen LogP contribution in [-0.2, 0) is 23.7 Å². The lowest BCUT2D eigenvalue weighted by Gasteiger charge is -2.38. The molecule has 13 nitrogen and oxygen atoms in total. The van der Waals surface area contributed by atoms with Crippen LogP contribution in [0, 0.1) is 5.92 Å². The van der Waals surface area contributed by atoms with E-state index in [9.17, 15) is 19.5 Å². The van der Waals surface area contributed by atoms with E-state index >= 15 is 0 Å². The highest BCUT2D eigenvalue weighted by Gasteiger charge is 2.35. The Hall–Kier alpha value is -2.62. The molecule has 15 heteroatoms. The number of rotatable bonds is 15. The molecule has 1 aromatic rings. The van der Waals surface area contributed by atoms with Crippen molar-refractivity contribution < 1.29 is 43.2 Å². The molecule has 0 saturated carbocycles. The van der Waals surface area contributed by atoms with Gasteiger partial charge < -0.3 is 49.2 Å². The molecular formula is C32H53ClN4O9Si. The van der Waals surface area contributed by atoms with Crippen molar-refractivity contribution in [1.82, 2.24) is 20.4 Å². The van der Waals surface area contributed by atoms with Crippen molar-refractivity contribution in [2.24, 2.45) is 5.92 Å². The number of halogens is 1. The van der Waals surface area contributed by atoms with Gasteiger partial charge in [0.05, 0.1) is 52.2 Å². The fourth-order valence-corrected chi connectivity index (χ4v) is 6.41. The number of carbonyl (C=O) groups excluding carboxylic acids is 3. The summed E-state index contributed by atoms with van der Waals surface area (Å²) in [6, 6.07) is 7.15. The molecule has 2 aliphatic rings. The summed E-state index contributed by atoms with van der Waals surface area (Å²) in [4.78, 5) is 40.9. The second kappa shape index (κ2) is 19.4. The molecule has 4 amide bonds. The van der Waals surface area contributed by atoms with Crippen LogP contribution in [0.4, 0.5) is 14.4 Å². The quantitative estimate of drug-likeness (QED) is 0.182. The van der Waals surface area contributed by atoms with Gasteiger partial charge in [-0.3, -0.25) is 0 Å². The van der Waals surface area contributed by atoms with Crippen molar-refractivity contribution in [3.63, 3.8) is 0 Å². The molecule has 2 unspecified atom stereocenters. The average molecular weight is 701 g/mol. The summed E-state index contributed by atoms with van der Waals surface area (Å²) >= 11 is 6.29. The standard InChI is InChI=1S/C32H53ClN4O9Si/c1-36(32(41)46-17-18-47(3,4)5)21-27(38)26(19-23-9-13-43-14-10-23)35-30(39)37-12-16-44-28(22-37)29(24-7-6-8-25(33)20-24)45-15-11-34-31(40)42-2/h6-8,20,23,26-29,38H,9-19,21-22H2,1-5H3,(H,34,40)(H,35,39)/t26?,27-,28?,29+/m1/s1. The largest absolute Gasteiger partial charge is 0.453 e. The van der Waals surface area contributed by atoms with E-state index in [-0.39, 0.29) is 44.8 Å². The number of aliphatic hydroxyl groups is 1. The van der Waals surface area contributed by atoms with Crippen molar-refractivity contribution in [3.8, 4) is 0 Å². The smallest absolute Gasteiger partial charge is 0.409 e. The zero-order valence-electron chi connectivity index (χ0n) is 28.4. The van der Waals surface area contributed by atoms with E-state index in [1.54, 1.807) is 24.1 Å². The number of nitrogens with one attached hydrogen (secondary N) is 2. The Morgan fingerprint density at radius 2 is 1.91 bits per heavy atom. The highest BCUT2D eigenvalue weighted by atomic mass is 35.5. The number of amides is 4. The van der Waals surface area contributed by atoms with Gasteiger partial charge in [-0.2, -0.15) is 0 Å². The van der Waals surface area contributed by atoms with E-state index in [2.05, 4.69) is 35.0 Å². The van der Waals surface area contributed by atoms with E-state index in [0.717, 1.165) is 24.4 Å². The van der Waals surface area contributed by atoms with Crippen LogP contribution in [0.2, 0.25) is 30.7 Å². The predicted molar refractivity (Wildman–Crippen MR) is 180 cm³/mol. The highest BCUT2D eigenvalue weighted by Crippen LogP contribution is 2.29. The summed E-state index contributed by atoms with van der Waals surface area (Å²) in [6.07, 6.45) is -0.971. The van der Waals surface area contributed by atoms with Gasteiger partial charge in [-0.1, -0.05) is 43.4 Å². The van der Waals surface area contributed by atoms with Crippen molar-refractivity contribution in [2.45, 2.75) is 69.3 Å². The lowest BCUT2D eigenvalue weighted by Crippen LogP contribution is -2.56. The van der Waals surface area contributed by atoms with Crippen LogP contribution in [0.5, 0.6) is 0 Å². The van der Waals surface area contributed by atoms with E-state index in [4.69, 9.17) is 30.5 Å². The molecule has 3 rings (SSSR count). The number of hydrogen-bond acceptors (Lipinski definition) is 9. The minimum atomic E-state index is -1.37. The first-order valence-corrected chi connectivity index (χ1v) is 20.4. The maximum Gasteiger partial charge on any atom is 0.409 e. The molecular weight excluding hydrogens is 648 g/mol. The fraction of sp³-hybridized carbons (Fsp3) is 0.719. The number of likely N-dealkylation sites (N-methyl/N-ethyl adjacent to an activating group) is 1. The van der Waals surface area contributed by atoms with Crippen LogP contribution >= 0.6 is 11.6 Å². The lowest BCUT2D eigenvalue weighted by atomic mass is 9.90. The zero-order valence-corrected chi connectivity index (χ0v) is 30.1. The van der Waals surface area contributed by atoms with Gasteiger partial charge in [0.1, 0.15) is 12.2 Å². The molecule has 266 valence electrons. The number of methoxy groups -OCH3 is 1. The number of hydrogen-bond donors (Lipinski definition) is 3. The molecule has 0 radical (unpaired) electrons. The van der Waals surface area contributed by atoms with Gasteiger partial charge in [0, 0.05) is 46.4 Å². The van der Waals surface area contributed by atoms with Crippen LogP contribution in [0.1, 0.15) is 30.9 Å². The second-order valence-corrected chi connectivity index (χ2v) is 19.4. The third-order valence-electron chi connectivity index (χ3n) is 8.30. The third-order valence-corrected chi connectivity index (χ3v) is 10.2. The van der Waals surface area contributed by atoms with Crippen molar-refractivity contribution in [2.75, 3.05) is 73.4 Å². The molecule has 0 aliphatic carbocycles. The van der Waals surface area contributed by atoms with Crippen LogP contribution in [-0.4, -0.2) is 133 Å². The number of ether oxygens (including phenoxy) is 5. The van der Waals surface area contributed by atoms with Gasteiger partial charge >= 0.3 is 18.2 Å². The van der Waals surface area contributed by atoms with Crippen LogP contribution < -0.4 is 10.6 Å². The van der Waals surface area contributed by atoms with Crippen LogP contribution in [0.15, 0.2) is 24.3 Å². The molecule has 3 N–H and O–H groups in total. The maximum absolute atomic E-state index is 13.7. The maximum atomic E-state index is 13.7. The molecule has 1 aromatic carbocycles. The summed E-state index contributed by atoms with van der Waals surface area (Å²) in [6.45, 7) is 9.49. The summed E-state index contributed by atoms with van der Waals surface area (Å²) in [5.41, 5.74) is 0.774. The van der Waals surface area contributed by atoms with E-state index in [1.165, 1.54) is 12.0 Å². The van der Waals surface area contributed by atoms with Crippen molar-refractivity contribution in [1.29, 1.82) is 0 Å². The summed E-state index contributed by atoms with van der Waals surface area (Å²) in [7, 11) is 1.51. The Bertz CT molecular complexity index is 1140. The molecule has 0 spiro atoms. The Morgan fingerprint density at radius 1 is 1.17 bits per heavy atom. The summed E-state index contributed by atoms with van der Waals surface area (Å²) in [5.74, 6) is 0.259. The highest BCUT2D eigenvalue weighted by molar-refractivity contribution is 6.76. The van der Waals surface area contributed by atoms with Crippen LogP contribution in [0.25, 0.3) is 0 Å². The molecule has 0 bridgehead atoms. The Labute approximate surface area is 284 Å². The first-order chi connectivity index (χ1) is 22.4. The molecule has 2 fully saturated rings. The SMILES string of the molecule is COC(=O)NCCO[C@@H](c1cccc(Cl)c1)C1CN(C(=O)NC(CC2CCOCC2)[C@H](O)CN(C)C(=O)OCC[Si](C)(C)C)CCO1. The number of morpholine rings is 1. The van der Waals surface area contributed by atoms with Gasteiger partial charge in [0.2, 0.25) is 0 Å². The number of nitrogens with zero attached hydrogens (tertiary/aromatic N) is 2. The average Bonchev–Trinajstić information content (AvgIpc) is 3.04. The Morgan fingerprint density at radius 3 is 2.60 bits per heavy atom. The first-order valence-electron chi connectivity index (χ1n) is 16.4. The van der Waals surface area contributed by atoms with Crippen LogP contribution in [0.3, 0.4) is 0 Å². The second-order valence-electron chi connectivity index (χ2n) is 13.3. The van der Waals surface area contributed by atoms with Crippen molar-refractivity contribution >= 4 is 37.9 Å². The number of carbonyl (C=O) groups is 3. The molecule has 47 heavy (non-hydrogen) atoms. The van der Waals surface area contributed by atoms with E-state index in [1.807, 2.05) is 12.1 Å². The topological polar surface area (TPSA) is 148 Å². The number of aliphatic hydroxyl groups excluding tert-OH is 1. The van der Waals surface area contributed by atoms with Gasteiger partial charge in [-0.25, -0.2) is 14.4 Å².